The minimum absolute atomic E-state index is 0.0352. The molecule has 0 bridgehead atoms. The molecule has 3 aromatic rings. The number of alkyl halides is 3. The Kier molecular flexibility index (Phi) is 12.1. The predicted molar refractivity (Wildman–Crippen MR) is 158 cm³/mol. The summed E-state index contributed by atoms with van der Waals surface area (Å²) in [5, 5.41) is 6.90. The molecule has 3 atom stereocenters. The molecule has 0 saturated carbocycles. The van der Waals surface area contributed by atoms with E-state index in [1.54, 1.807) is 60.7 Å². The number of carbonyl (C=O) groups is 3. The second kappa shape index (κ2) is 15.7. The van der Waals surface area contributed by atoms with Crippen molar-refractivity contribution in [2.24, 2.45) is 5.18 Å². The molecule has 3 N–H and O–H groups in total. The van der Waals surface area contributed by atoms with Crippen LogP contribution < -0.4 is 15.4 Å². The summed E-state index contributed by atoms with van der Waals surface area (Å²) in [6, 6.07) is 15.6. The van der Waals surface area contributed by atoms with Crippen LogP contribution in [-0.2, 0) is 24.3 Å². The molecule has 1 unspecified atom stereocenters. The Balaban J connectivity index is 1.85. The average Bonchev–Trinajstić information content (AvgIpc) is 3.03. The van der Waals surface area contributed by atoms with Gasteiger partial charge in [-0.05, 0) is 47.0 Å². The fourth-order valence-electron chi connectivity index (χ4n) is 4.31. The molecule has 0 fully saturated rings. The van der Waals surface area contributed by atoms with Gasteiger partial charge in [-0.15, -0.1) is 4.91 Å². The highest BCUT2D eigenvalue weighted by Gasteiger charge is 2.42. The highest BCUT2D eigenvalue weighted by Crippen LogP contribution is 2.29. The first-order valence-corrected chi connectivity index (χ1v) is 14.8. The Morgan fingerprint density at radius 2 is 1.47 bits per heavy atom. The molecule has 0 heterocycles. The largest absolute Gasteiger partial charge is 0.453 e. The number of sulfonamides is 1. The van der Waals surface area contributed by atoms with Crippen molar-refractivity contribution in [2.75, 3.05) is 7.11 Å². The van der Waals surface area contributed by atoms with Crippen LogP contribution in [0.3, 0.4) is 0 Å². The highest BCUT2D eigenvalue weighted by atomic mass is 32.2. The van der Waals surface area contributed by atoms with Crippen molar-refractivity contribution >= 4 is 34.0 Å². The number of aldehydes is 1. The zero-order valence-corrected chi connectivity index (χ0v) is 24.5. The Labute approximate surface area is 256 Å². The van der Waals surface area contributed by atoms with E-state index in [0.717, 1.165) is 37.5 Å². The molecular weight excluding hydrogens is 617 g/mol. The summed E-state index contributed by atoms with van der Waals surface area (Å²) in [4.78, 5) is 47.6. The number of amides is 2. The van der Waals surface area contributed by atoms with Crippen LogP contribution in [0.5, 0.6) is 0 Å². The lowest BCUT2D eigenvalue weighted by molar-refractivity contribution is -0.153. The van der Waals surface area contributed by atoms with E-state index >= 15 is 0 Å². The molecule has 0 aliphatic carbocycles. The Hall–Kier alpha value is -4.89. The number of halogens is 3. The van der Waals surface area contributed by atoms with E-state index in [0.29, 0.717) is 17.2 Å². The third-order valence-corrected chi connectivity index (χ3v) is 7.99. The number of carbonyl (C=O) groups excluding carboxylic acids is 3. The molecule has 0 spiro atoms. The highest BCUT2D eigenvalue weighted by molar-refractivity contribution is 7.89. The van der Waals surface area contributed by atoms with Gasteiger partial charge in [-0.2, -0.15) is 13.2 Å². The van der Waals surface area contributed by atoms with Crippen molar-refractivity contribution < 1.29 is 40.7 Å². The van der Waals surface area contributed by atoms with Crippen LogP contribution in [0.1, 0.15) is 23.5 Å². The third-order valence-electron chi connectivity index (χ3n) is 6.48. The molecule has 2 amide bonds. The van der Waals surface area contributed by atoms with E-state index in [1.807, 2.05) is 5.32 Å². The number of alkyl carbamates (subject to hydrolysis) is 1. The van der Waals surface area contributed by atoms with Crippen LogP contribution in [0, 0.1) is 4.91 Å². The van der Waals surface area contributed by atoms with Gasteiger partial charge in [0.15, 0.2) is 0 Å². The molecule has 0 radical (unpaired) electrons. The lowest BCUT2D eigenvalue weighted by Crippen LogP contribution is -2.55. The molecule has 0 aromatic heterocycles. The van der Waals surface area contributed by atoms with Crippen molar-refractivity contribution in [3.8, 4) is 0 Å². The van der Waals surface area contributed by atoms with Gasteiger partial charge in [0, 0.05) is 5.92 Å². The SMILES string of the molecule is COC(=O)N[C@H](C(=O)NC(/C=C/C[C@@H](C=O)NS(=O)(=O)c1ccc(N=O)cc1)C(F)(F)F)C(c1ccccc1)c1ccccc1. The standard InChI is InChI=1S/C30H29F3N4O7S/c1-44-29(40)35-27(26(20-9-4-2-5-10-20)21-11-6-3-7-12-21)28(39)34-25(30(31,32)33)14-8-13-23(19-38)37-45(42,43)24-17-15-22(36-41)16-18-24/h2-12,14-19,23,25-27,37H,13H2,1H3,(H,34,39)(H,35,40)/b14-8+/t23-,25?,27-/m0/s1. The maximum absolute atomic E-state index is 14.1. The average molecular weight is 647 g/mol. The van der Waals surface area contributed by atoms with E-state index in [9.17, 15) is 40.9 Å². The lowest BCUT2D eigenvalue weighted by atomic mass is 9.84. The zero-order chi connectivity index (χ0) is 33.0. The number of methoxy groups -OCH3 is 1. The number of hydrogen-bond acceptors (Lipinski definition) is 8. The van der Waals surface area contributed by atoms with Gasteiger partial charge in [0.25, 0.3) is 0 Å². The fourth-order valence-corrected chi connectivity index (χ4v) is 5.49. The van der Waals surface area contributed by atoms with Crippen molar-refractivity contribution in [1.29, 1.82) is 0 Å². The van der Waals surface area contributed by atoms with Gasteiger partial charge in [0.05, 0.1) is 18.0 Å². The summed E-state index contributed by atoms with van der Waals surface area (Å²) in [6.07, 6.45) is -4.90. The quantitative estimate of drug-likeness (QED) is 0.132. The lowest BCUT2D eigenvalue weighted by Gasteiger charge is -2.29. The van der Waals surface area contributed by atoms with Gasteiger partial charge in [-0.1, -0.05) is 72.8 Å². The number of nitroso groups, excluding NO2 is 1. The Bertz CT molecular complexity index is 1550. The van der Waals surface area contributed by atoms with Gasteiger partial charge >= 0.3 is 12.3 Å². The summed E-state index contributed by atoms with van der Waals surface area (Å²) in [5.74, 6) is -2.11. The molecule has 3 aromatic carbocycles. The van der Waals surface area contributed by atoms with Crippen LogP contribution in [-0.4, -0.2) is 58.1 Å². The second-order valence-electron chi connectivity index (χ2n) is 9.55. The predicted octanol–water partition coefficient (Wildman–Crippen LogP) is 4.48. The van der Waals surface area contributed by atoms with Crippen LogP contribution in [0.2, 0.25) is 0 Å². The van der Waals surface area contributed by atoms with Gasteiger partial charge < -0.3 is 20.2 Å². The number of ether oxygens (including phenoxy) is 1. The van der Waals surface area contributed by atoms with Gasteiger partial charge in [-0.25, -0.2) is 17.9 Å². The van der Waals surface area contributed by atoms with Crippen molar-refractivity contribution in [3.05, 3.63) is 113 Å². The van der Waals surface area contributed by atoms with Crippen LogP contribution in [0.25, 0.3) is 0 Å². The van der Waals surface area contributed by atoms with E-state index in [4.69, 9.17) is 0 Å². The molecule has 0 saturated heterocycles. The topological polar surface area (TPSA) is 160 Å². The van der Waals surface area contributed by atoms with Gasteiger partial charge in [0.1, 0.15) is 24.1 Å². The van der Waals surface area contributed by atoms with E-state index in [2.05, 4.69) is 20.0 Å². The number of rotatable bonds is 14. The zero-order valence-electron chi connectivity index (χ0n) is 23.7. The van der Waals surface area contributed by atoms with Gasteiger partial charge in [-0.3, -0.25) is 4.79 Å². The molecule has 3 rings (SSSR count). The smallest absolute Gasteiger partial charge is 0.412 e. The third kappa shape index (κ3) is 9.81. The molecule has 15 heteroatoms. The van der Waals surface area contributed by atoms with Crippen molar-refractivity contribution in [2.45, 2.75) is 41.5 Å². The normalized spacial score (nSPS) is 13.9. The summed E-state index contributed by atoms with van der Waals surface area (Å²) >= 11 is 0. The Morgan fingerprint density at radius 1 is 0.911 bits per heavy atom. The monoisotopic (exact) mass is 646 g/mol. The molecule has 0 aliphatic rings. The number of nitrogens with zero attached hydrogens (tertiary/aromatic N) is 1. The van der Waals surface area contributed by atoms with Gasteiger partial charge in [0.2, 0.25) is 15.9 Å². The van der Waals surface area contributed by atoms with Crippen LogP contribution >= 0.6 is 0 Å². The number of hydrogen-bond donors (Lipinski definition) is 3. The summed E-state index contributed by atoms with van der Waals surface area (Å²) in [6.45, 7) is 0. The summed E-state index contributed by atoms with van der Waals surface area (Å²) in [7, 11) is -3.24. The molecule has 45 heavy (non-hydrogen) atoms. The second-order valence-corrected chi connectivity index (χ2v) is 11.3. The van der Waals surface area contributed by atoms with Crippen LogP contribution in [0.4, 0.5) is 23.7 Å². The first-order chi connectivity index (χ1) is 21.4. The maximum atomic E-state index is 14.1. The van der Waals surface area contributed by atoms with Crippen LogP contribution in [0.15, 0.2) is 107 Å². The number of nitrogens with one attached hydrogen (secondary N) is 3. The fraction of sp³-hybridized carbons (Fsp3) is 0.233. The van der Waals surface area contributed by atoms with Crippen molar-refractivity contribution in [3.63, 3.8) is 0 Å². The molecular formula is C30H29F3N4O7S. The maximum Gasteiger partial charge on any atom is 0.412 e. The minimum atomic E-state index is -5.01. The summed E-state index contributed by atoms with van der Waals surface area (Å²) < 4.78 is 74.2. The van der Waals surface area contributed by atoms with E-state index in [1.165, 1.54) is 0 Å². The van der Waals surface area contributed by atoms with E-state index in [-0.39, 0.29) is 16.9 Å². The first-order valence-electron chi connectivity index (χ1n) is 13.3. The molecule has 0 aliphatic heterocycles. The minimum Gasteiger partial charge on any atom is -0.453 e. The summed E-state index contributed by atoms with van der Waals surface area (Å²) in [5.41, 5.74) is 1.02. The van der Waals surface area contributed by atoms with E-state index < -0.39 is 58.7 Å². The van der Waals surface area contributed by atoms with Crippen molar-refractivity contribution in [1.82, 2.24) is 15.4 Å². The Morgan fingerprint density at radius 3 is 1.93 bits per heavy atom. The molecule has 11 nitrogen and oxygen atoms in total. The molecule has 238 valence electrons. The number of benzene rings is 3. The first kappa shape index (κ1) is 34.6.